The van der Waals surface area contributed by atoms with E-state index in [9.17, 15) is 9.59 Å². The van der Waals surface area contributed by atoms with Crippen LogP contribution >= 0.6 is 23.2 Å². The minimum absolute atomic E-state index is 0.0602. The number of nitrogens with one attached hydrogen (secondary N) is 1. The molecule has 0 saturated heterocycles. The summed E-state index contributed by atoms with van der Waals surface area (Å²) in [5.74, 6) is -0.490. The molecule has 0 radical (unpaired) electrons. The van der Waals surface area contributed by atoms with E-state index in [1.807, 2.05) is 30.3 Å². The molecule has 0 saturated carbocycles. The van der Waals surface area contributed by atoms with Crippen LogP contribution in [-0.2, 0) is 16.1 Å². The summed E-state index contributed by atoms with van der Waals surface area (Å²) in [6.07, 6.45) is 1.63. The van der Waals surface area contributed by atoms with Crippen molar-refractivity contribution >= 4 is 46.3 Å². The van der Waals surface area contributed by atoms with Crippen molar-refractivity contribution in [1.29, 1.82) is 0 Å². The van der Waals surface area contributed by atoms with E-state index in [2.05, 4.69) is 24.1 Å². The van der Waals surface area contributed by atoms with Crippen molar-refractivity contribution in [2.45, 2.75) is 26.3 Å². The Balaban J connectivity index is 1.75. The number of pyridine rings is 1. The van der Waals surface area contributed by atoms with Gasteiger partial charge < -0.3 is 5.32 Å². The highest BCUT2D eigenvalue weighted by atomic mass is 35.5. The molecular weight excluding hydrogens is 445 g/mol. The van der Waals surface area contributed by atoms with Gasteiger partial charge in [-0.3, -0.25) is 19.5 Å². The van der Waals surface area contributed by atoms with Crippen molar-refractivity contribution in [1.82, 2.24) is 9.88 Å². The third-order valence-corrected chi connectivity index (χ3v) is 5.81. The van der Waals surface area contributed by atoms with Gasteiger partial charge in [0.2, 0.25) is 0 Å². The van der Waals surface area contributed by atoms with Crippen molar-refractivity contribution in [2.75, 3.05) is 5.32 Å². The molecule has 2 amide bonds. The van der Waals surface area contributed by atoms with Crippen LogP contribution in [0.1, 0.15) is 36.6 Å². The summed E-state index contributed by atoms with van der Waals surface area (Å²) in [6.45, 7) is 4.28. The lowest BCUT2D eigenvalue weighted by molar-refractivity contribution is -0.137. The van der Waals surface area contributed by atoms with E-state index in [0.29, 0.717) is 32.9 Å². The summed E-state index contributed by atoms with van der Waals surface area (Å²) >= 11 is 12.5. The van der Waals surface area contributed by atoms with Crippen LogP contribution in [0.15, 0.2) is 72.6 Å². The number of rotatable bonds is 6. The Morgan fingerprint density at radius 1 is 0.969 bits per heavy atom. The van der Waals surface area contributed by atoms with E-state index >= 15 is 0 Å². The number of amides is 2. The number of aromatic nitrogens is 1. The number of carbonyl (C=O) groups is 2. The van der Waals surface area contributed by atoms with E-state index in [1.165, 1.54) is 10.5 Å². The highest BCUT2D eigenvalue weighted by Crippen LogP contribution is 2.36. The molecule has 2 heterocycles. The van der Waals surface area contributed by atoms with Gasteiger partial charge in [0.1, 0.15) is 5.70 Å². The summed E-state index contributed by atoms with van der Waals surface area (Å²) in [6, 6.07) is 18.0. The molecule has 0 spiro atoms. The lowest BCUT2D eigenvalue weighted by Gasteiger charge is -2.15. The number of anilines is 1. The fourth-order valence-corrected chi connectivity index (χ4v) is 4.03. The molecule has 32 heavy (non-hydrogen) atoms. The molecule has 0 aliphatic carbocycles. The van der Waals surface area contributed by atoms with Gasteiger partial charge >= 0.3 is 0 Å². The lowest BCUT2D eigenvalue weighted by Crippen LogP contribution is -2.32. The van der Waals surface area contributed by atoms with E-state index < -0.39 is 11.8 Å². The summed E-state index contributed by atoms with van der Waals surface area (Å²) in [5.41, 5.74) is 3.31. The molecule has 4 rings (SSSR count). The van der Waals surface area contributed by atoms with Crippen LogP contribution in [0.3, 0.4) is 0 Å². The molecule has 1 aliphatic heterocycles. The van der Waals surface area contributed by atoms with Crippen LogP contribution in [0.25, 0.3) is 5.57 Å². The Kier molecular flexibility index (Phi) is 6.31. The Morgan fingerprint density at radius 2 is 1.72 bits per heavy atom. The van der Waals surface area contributed by atoms with Gasteiger partial charge in [-0.05, 0) is 47.9 Å². The molecule has 0 unspecified atom stereocenters. The first-order valence-electron chi connectivity index (χ1n) is 10.2. The van der Waals surface area contributed by atoms with E-state index in [-0.39, 0.29) is 17.8 Å². The fraction of sp³-hybridized carbons (Fsp3) is 0.160. The van der Waals surface area contributed by atoms with Gasteiger partial charge in [0, 0.05) is 22.5 Å². The molecule has 1 aromatic heterocycles. The minimum atomic E-state index is -0.439. The first-order chi connectivity index (χ1) is 15.3. The predicted octanol–water partition coefficient (Wildman–Crippen LogP) is 5.90. The smallest absolute Gasteiger partial charge is 0.278 e. The number of benzene rings is 2. The van der Waals surface area contributed by atoms with Gasteiger partial charge in [-0.2, -0.15) is 0 Å². The normalized spacial score (nSPS) is 14.0. The van der Waals surface area contributed by atoms with Crippen molar-refractivity contribution in [3.05, 3.63) is 99.4 Å². The van der Waals surface area contributed by atoms with Crippen LogP contribution in [0.4, 0.5) is 5.69 Å². The predicted molar refractivity (Wildman–Crippen MR) is 127 cm³/mol. The number of imide groups is 1. The molecule has 0 bridgehead atoms. The van der Waals surface area contributed by atoms with Crippen LogP contribution in [0, 0.1) is 0 Å². The summed E-state index contributed by atoms with van der Waals surface area (Å²) in [4.78, 5) is 32.2. The van der Waals surface area contributed by atoms with Gasteiger partial charge in [-0.1, -0.05) is 61.3 Å². The molecule has 7 heteroatoms. The zero-order valence-corrected chi connectivity index (χ0v) is 19.1. The summed E-state index contributed by atoms with van der Waals surface area (Å²) in [7, 11) is 0. The van der Waals surface area contributed by atoms with Crippen molar-refractivity contribution in [3.63, 3.8) is 0 Å². The number of halogens is 2. The SMILES string of the molecule is CC(C)c1ccc(NC2=C(c3ccc(Cl)cc3Cl)C(=O)N(Cc3ccccn3)C2=O)cc1. The van der Waals surface area contributed by atoms with Crippen molar-refractivity contribution in [3.8, 4) is 0 Å². The quantitative estimate of drug-likeness (QED) is 0.460. The fourth-order valence-electron chi connectivity index (χ4n) is 3.53. The first kappa shape index (κ1) is 22.1. The third kappa shape index (κ3) is 4.40. The Hall–Kier alpha value is -3.15. The highest BCUT2D eigenvalue weighted by Gasteiger charge is 2.40. The number of hydrogen-bond acceptors (Lipinski definition) is 4. The zero-order chi connectivity index (χ0) is 22.8. The van der Waals surface area contributed by atoms with Gasteiger partial charge in [0.15, 0.2) is 0 Å². The van der Waals surface area contributed by atoms with Crippen LogP contribution in [-0.4, -0.2) is 21.7 Å². The second kappa shape index (κ2) is 9.15. The second-order valence-corrected chi connectivity index (χ2v) is 8.64. The van der Waals surface area contributed by atoms with Gasteiger partial charge in [-0.15, -0.1) is 0 Å². The Morgan fingerprint density at radius 3 is 2.34 bits per heavy atom. The Bertz CT molecular complexity index is 1210. The van der Waals surface area contributed by atoms with E-state index in [0.717, 1.165) is 0 Å². The van der Waals surface area contributed by atoms with Gasteiger partial charge in [0.25, 0.3) is 11.8 Å². The second-order valence-electron chi connectivity index (χ2n) is 7.79. The molecule has 5 nitrogen and oxygen atoms in total. The lowest BCUT2D eigenvalue weighted by atomic mass is 10.0. The molecule has 162 valence electrons. The Labute approximate surface area is 196 Å². The van der Waals surface area contributed by atoms with E-state index in [1.54, 1.807) is 36.5 Å². The van der Waals surface area contributed by atoms with Gasteiger partial charge in [-0.25, -0.2) is 0 Å². The monoisotopic (exact) mass is 465 g/mol. The van der Waals surface area contributed by atoms with Crippen molar-refractivity contribution in [2.24, 2.45) is 0 Å². The third-order valence-electron chi connectivity index (χ3n) is 5.26. The number of carbonyl (C=O) groups excluding carboxylic acids is 2. The number of nitrogens with zero attached hydrogens (tertiary/aromatic N) is 2. The zero-order valence-electron chi connectivity index (χ0n) is 17.6. The maximum Gasteiger partial charge on any atom is 0.278 e. The molecule has 2 aromatic carbocycles. The minimum Gasteiger partial charge on any atom is -0.350 e. The topological polar surface area (TPSA) is 62.3 Å². The highest BCUT2D eigenvalue weighted by molar-refractivity contribution is 6.41. The molecule has 0 fully saturated rings. The summed E-state index contributed by atoms with van der Waals surface area (Å²) < 4.78 is 0. The van der Waals surface area contributed by atoms with E-state index in [4.69, 9.17) is 23.2 Å². The first-order valence-corrected chi connectivity index (χ1v) is 10.9. The molecule has 1 N–H and O–H groups in total. The van der Waals surface area contributed by atoms with Crippen LogP contribution in [0.5, 0.6) is 0 Å². The number of hydrogen-bond donors (Lipinski definition) is 1. The maximum absolute atomic E-state index is 13.4. The molecule has 1 aliphatic rings. The maximum atomic E-state index is 13.4. The standard InChI is InChI=1S/C25H21Cl2N3O2/c1-15(2)16-6-9-18(10-7-16)29-23-22(20-11-8-17(26)13-21(20)27)24(31)30(25(23)32)14-19-5-3-4-12-28-19/h3-13,15,29H,14H2,1-2H3. The average Bonchev–Trinajstić information content (AvgIpc) is 2.99. The molecule has 0 atom stereocenters. The van der Waals surface area contributed by atoms with Crippen molar-refractivity contribution < 1.29 is 9.59 Å². The van der Waals surface area contributed by atoms with Crippen LogP contribution in [0.2, 0.25) is 10.0 Å². The summed E-state index contributed by atoms with van der Waals surface area (Å²) in [5, 5.41) is 3.89. The molecular formula is C25H21Cl2N3O2. The largest absolute Gasteiger partial charge is 0.350 e. The molecule has 3 aromatic rings. The van der Waals surface area contributed by atoms with Gasteiger partial charge in [0.05, 0.1) is 22.8 Å². The van der Waals surface area contributed by atoms with Crippen LogP contribution < -0.4 is 5.32 Å². The average molecular weight is 466 g/mol.